The zero-order valence-electron chi connectivity index (χ0n) is 21.8. The molecule has 2 aliphatic carbocycles. The molecule has 202 valence electrons. The fourth-order valence-corrected chi connectivity index (χ4v) is 4.98. The van der Waals surface area contributed by atoms with E-state index in [1.165, 1.54) is 25.7 Å². The fraction of sp³-hybridized carbons (Fsp3) is 0.615. The van der Waals surface area contributed by atoms with Gasteiger partial charge in [-0.05, 0) is 69.2 Å². The van der Waals surface area contributed by atoms with Crippen LogP contribution in [0.25, 0.3) is 0 Å². The average Bonchev–Trinajstić information content (AvgIpc) is 3.49. The summed E-state index contributed by atoms with van der Waals surface area (Å²) < 4.78 is 10.7. The van der Waals surface area contributed by atoms with Gasteiger partial charge in [0.2, 0.25) is 17.8 Å². The van der Waals surface area contributed by atoms with Gasteiger partial charge < -0.3 is 36.5 Å². The van der Waals surface area contributed by atoms with Crippen LogP contribution < -0.4 is 27.0 Å². The molecule has 0 spiro atoms. The summed E-state index contributed by atoms with van der Waals surface area (Å²) in [5, 5.41) is 12.9. The highest BCUT2D eigenvalue weighted by Gasteiger charge is 2.39. The second-order valence-corrected chi connectivity index (χ2v) is 10.0. The molecule has 2 bridgehead atoms. The van der Waals surface area contributed by atoms with Crippen LogP contribution in [0, 0.1) is 11.8 Å². The third-order valence-electron chi connectivity index (χ3n) is 6.68. The Hall–Kier alpha value is -3.02. The van der Waals surface area contributed by atoms with Crippen molar-refractivity contribution >= 4 is 29.4 Å². The van der Waals surface area contributed by atoms with Gasteiger partial charge in [-0.1, -0.05) is 6.42 Å². The number of nitrogens with two attached hydrogens (primary N) is 1. The second-order valence-electron chi connectivity index (χ2n) is 10.0. The van der Waals surface area contributed by atoms with Gasteiger partial charge in [0, 0.05) is 36.4 Å². The van der Waals surface area contributed by atoms with Crippen molar-refractivity contribution in [1.82, 2.24) is 20.3 Å². The van der Waals surface area contributed by atoms with Gasteiger partial charge in [0.1, 0.15) is 0 Å². The van der Waals surface area contributed by atoms with E-state index in [1.807, 2.05) is 26.0 Å². The molecular formula is C26H40N8O3. The Labute approximate surface area is 218 Å². The minimum atomic E-state index is -0.157. The zero-order valence-corrected chi connectivity index (χ0v) is 21.8. The highest BCUT2D eigenvalue weighted by molar-refractivity contribution is 5.94. The molecule has 0 radical (unpaired) electrons. The van der Waals surface area contributed by atoms with Crippen molar-refractivity contribution in [2.24, 2.45) is 17.6 Å². The van der Waals surface area contributed by atoms with Crippen molar-refractivity contribution in [3.8, 4) is 0 Å². The van der Waals surface area contributed by atoms with Crippen LogP contribution in [0.1, 0.15) is 49.9 Å². The summed E-state index contributed by atoms with van der Waals surface area (Å²) in [6.07, 6.45) is 5.12. The molecule has 0 saturated heterocycles. The molecule has 3 unspecified atom stereocenters. The first kappa shape index (κ1) is 27.0. The molecule has 2 fully saturated rings. The van der Waals surface area contributed by atoms with Crippen molar-refractivity contribution in [2.45, 2.75) is 51.6 Å². The van der Waals surface area contributed by atoms with Crippen LogP contribution in [0.15, 0.2) is 24.3 Å². The fourth-order valence-electron chi connectivity index (χ4n) is 4.98. The maximum absolute atomic E-state index is 12.4. The van der Waals surface area contributed by atoms with Gasteiger partial charge in [0.25, 0.3) is 5.91 Å². The zero-order chi connectivity index (χ0) is 26.0. The molecule has 11 heteroatoms. The van der Waals surface area contributed by atoms with Crippen molar-refractivity contribution in [3.05, 3.63) is 29.8 Å². The largest absolute Gasteiger partial charge is 0.378 e. The maximum atomic E-state index is 12.4. The Morgan fingerprint density at radius 2 is 1.70 bits per heavy atom. The summed E-state index contributed by atoms with van der Waals surface area (Å²) in [4.78, 5) is 26.2. The molecule has 11 nitrogen and oxygen atoms in total. The number of amides is 1. The minimum absolute atomic E-state index is 0.157. The molecule has 3 atom stereocenters. The smallest absolute Gasteiger partial charge is 0.251 e. The van der Waals surface area contributed by atoms with Gasteiger partial charge >= 0.3 is 0 Å². The Morgan fingerprint density at radius 1 is 0.973 bits per heavy atom. The first-order chi connectivity index (χ1) is 18.0. The normalized spacial score (nSPS) is 20.3. The number of nitrogens with one attached hydrogen (secondary N) is 4. The van der Waals surface area contributed by atoms with E-state index >= 15 is 0 Å². The molecule has 1 heterocycles. The molecule has 2 aromatic rings. The number of benzene rings is 1. The van der Waals surface area contributed by atoms with Gasteiger partial charge in [-0.3, -0.25) is 4.79 Å². The van der Waals surface area contributed by atoms with E-state index in [1.54, 1.807) is 12.1 Å². The minimum Gasteiger partial charge on any atom is -0.378 e. The first-order valence-corrected chi connectivity index (χ1v) is 13.3. The van der Waals surface area contributed by atoms with E-state index in [-0.39, 0.29) is 11.9 Å². The summed E-state index contributed by atoms with van der Waals surface area (Å²) in [5.74, 6) is 2.95. The van der Waals surface area contributed by atoms with Crippen LogP contribution in [0.2, 0.25) is 0 Å². The lowest BCUT2D eigenvalue weighted by Crippen LogP contribution is -2.27. The van der Waals surface area contributed by atoms with Crippen LogP contribution in [-0.4, -0.2) is 72.5 Å². The van der Waals surface area contributed by atoms with Gasteiger partial charge in [-0.2, -0.15) is 15.0 Å². The number of nitrogens with zero attached hydrogens (tertiary/aromatic N) is 3. The molecule has 2 saturated carbocycles. The molecule has 4 rings (SSSR count). The summed E-state index contributed by atoms with van der Waals surface area (Å²) in [6, 6.07) is 7.82. The van der Waals surface area contributed by atoms with Gasteiger partial charge in [-0.25, -0.2) is 0 Å². The Bertz CT molecular complexity index is 1000. The van der Waals surface area contributed by atoms with Crippen LogP contribution >= 0.6 is 0 Å². The number of carbonyl (C=O) groups excluding carboxylic acids is 1. The Balaban J connectivity index is 1.30. The highest BCUT2D eigenvalue weighted by Crippen LogP contribution is 2.45. The number of anilines is 4. The SMILES string of the molecule is CC(C)Nc1nc(Nc2ccc(C(=O)NCCOCCOCCN)cc2)nc(NC2CC3CCC2C3)n1. The summed E-state index contributed by atoms with van der Waals surface area (Å²) in [6.45, 7) is 6.92. The summed E-state index contributed by atoms with van der Waals surface area (Å²) >= 11 is 0. The average molecular weight is 513 g/mol. The van der Waals surface area contributed by atoms with Gasteiger partial charge in [-0.15, -0.1) is 0 Å². The molecule has 0 aliphatic heterocycles. The summed E-state index contributed by atoms with van der Waals surface area (Å²) in [5.41, 5.74) is 6.71. The lowest BCUT2D eigenvalue weighted by Gasteiger charge is -2.23. The van der Waals surface area contributed by atoms with E-state index in [0.717, 1.165) is 11.6 Å². The molecule has 1 aromatic carbocycles. The van der Waals surface area contributed by atoms with Crippen molar-refractivity contribution in [3.63, 3.8) is 0 Å². The van der Waals surface area contributed by atoms with Crippen LogP contribution in [-0.2, 0) is 9.47 Å². The monoisotopic (exact) mass is 512 g/mol. The predicted molar refractivity (Wildman–Crippen MR) is 144 cm³/mol. The number of ether oxygens (including phenoxy) is 2. The van der Waals surface area contributed by atoms with Gasteiger partial charge in [0.05, 0.1) is 26.4 Å². The highest BCUT2D eigenvalue weighted by atomic mass is 16.5. The second kappa shape index (κ2) is 13.5. The van der Waals surface area contributed by atoms with Crippen molar-refractivity contribution in [2.75, 3.05) is 55.5 Å². The van der Waals surface area contributed by atoms with Crippen molar-refractivity contribution in [1.29, 1.82) is 0 Å². The molecule has 6 N–H and O–H groups in total. The van der Waals surface area contributed by atoms with E-state index in [9.17, 15) is 4.79 Å². The Morgan fingerprint density at radius 3 is 2.38 bits per heavy atom. The van der Waals surface area contributed by atoms with Gasteiger partial charge in [0.15, 0.2) is 0 Å². The third-order valence-corrected chi connectivity index (χ3v) is 6.68. The molecule has 2 aliphatic rings. The van der Waals surface area contributed by atoms with E-state index in [0.29, 0.717) is 74.9 Å². The number of carbonyl (C=O) groups is 1. The molecule has 1 amide bonds. The maximum Gasteiger partial charge on any atom is 0.251 e. The van der Waals surface area contributed by atoms with E-state index in [4.69, 9.17) is 15.2 Å². The quantitative estimate of drug-likeness (QED) is 0.226. The molecule has 1 aromatic heterocycles. The van der Waals surface area contributed by atoms with Crippen LogP contribution in [0.4, 0.5) is 23.5 Å². The van der Waals surface area contributed by atoms with E-state index in [2.05, 4.69) is 36.2 Å². The number of aromatic nitrogens is 3. The topological polar surface area (TPSA) is 148 Å². The van der Waals surface area contributed by atoms with E-state index < -0.39 is 0 Å². The predicted octanol–water partition coefficient (Wildman–Crippen LogP) is 2.76. The standard InChI is InChI=1S/C26H40N8O3/c1-17(2)29-24-32-25(34-26(33-24)31-22-16-18-3-4-20(22)15-18)30-21-7-5-19(6-8-21)23(35)28-10-12-37-14-13-36-11-9-27/h5-8,17-18,20,22H,3-4,9-16,27H2,1-2H3,(H,28,35)(H3,29,30,31,32,33,34). The van der Waals surface area contributed by atoms with Crippen LogP contribution in [0.5, 0.6) is 0 Å². The molecular weight excluding hydrogens is 472 g/mol. The number of hydrogen-bond donors (Lipinski definition) is 5. The van der Waals surface area contributed by atoms with Crippen LogP contribution in [0.3, 0.4) is 0 Å². The lowest BCUT2D eigenvalue weighted by molar-refractivity contribution is 0.0511. The number of rotatable bonds is 15. The Kier molecular flexibility index (Phi) is 9.86. The summed E-state index contributed by atoms with van der Waals surface area (Å²) in [7, 11) is 0. The lowest BCUT2D eigenvalue weighted by atomic mass is 9.95. The number of fused-ring (bicyclic) bond motifs is 2. The first-order valence-electron chi connectivity index (χ1n) is 13.3. The third kappa shape index (κ3) is 8.24. The molecule has 37 heavy (non-hydrogen) atoms. The number of hydrogen-bond acceptors (Lipinski definition) is 10. The van der Waals surface area contributed by atoms with Crippen molar-refractivity contribution < 1.29 is 14.3 Å².